The van der Waals surface area contributed by atoms with Gasteiger partial charge in [-0.25, -0.2) is 4.79 Å². The Balaban J connectivity index is 1.73. The molecule has 0 saturated carbocycles. The van der Waals surface area contributed by atoms with E-state index in [2.05, 4.69) is 5.32 Å². The van der Waals surface area contributed by atoms with E-state index in [1.807, 2.05) is 12.1 Å². The van der Waals surface area contributed by atoms with Gasteiger partial charge in [-0.3, -0.25) is 4.79 Å². The molecular weight excluding hydrogens is 348 g/mol. The molecule has 0 aromatic heterocycles. The summed E-state index contributed by atoms with van der Waals surface area (Å²) in [7, 11) is 1.56. The summed E-state index contributed by atoms with van der Waals surface area (Å²) >= 11 is 5.47. The molecule has 1 aliphatic heterocycles. The molecule has 2 amide bonds. The van der Waals surface area contributed by atoms with Gasteiger partial charge in [0.25, 0.3) is 5.91 Å². The van der Waals surface area contributed by atoms with Crippen molar-refractivity contribution in [1.29, 1.82) is 0 Å². The van der Waals surface area contributed by atoms with Gasteiger partial charge in [0.1, 0.15) is 6.61 Å². The Kier molecular flexibility index (Phi) is 7.66. The number of hydrogen-bond acceptors (Lipinski definition) is 5. The molecule has 1 aliphatic rings. The number of likely N-dealkylation sites (tertiary alicyclic amines) is 1. The summed E-state index contributed by atoms with van der Waals surface area (Å²) in [6, 6.07) is 7.20. The maximum atomic E-state index is 12.3. The van der Waals surface area contributed by atoms with Crippen molar-refractivity contribution in [2.24, 2.45) is 0 Å². The van der Waals surface area contributed by atoms with Crippen LogP contribution >= 0.6 is 11.6 Å². The van der Waals surface area contributed by atoms with Gasteiger partial charge < -0.3 is 24.4 Å². The Bertz CT molecular complexity index is 576. The number of carbonyl (C=O) groups is 2. The minimum absolute atomic E-state index is 0.00186. The molecule has 0 atom stereocenters. The van der Waals surface area contributed by atoms with E-state index in [0.29, 0.717) is 37.4 Å². The van der Waals surface area contributed by atoms with Gasteiger partial charge in [0.15, 0.2) is 18.1 Å². The van der Waals surface area contributed by atoms with Crippen LogP contribution in [0.4, 0.5) is 4.79 Å². The normalized spacial score (nSPS) is 14.7. The predicted octanol–water partition coefficient (Wildman–Crippen LogP) is 2.03. The second-order valence-corrected chi connectivity index (χ2v) is 5.94. The topological polar surface area (TPSA) is 77.1 Å². The average Bonchev–Trinajstić information content (AvgIpc) is 2.65. The lowest BCUT2D eigenvalue weighted by molar-refractivity contribution is -0.134. The van der Waals surface area contributed by atoms with Crippen LogP contribution in [0.2, 0.25) is 0 Å². The summed E-state index contributed by atoms with van der Waals surface area (Å²) in [4.78, 5) is 25.5. The van der Waals surface area contributed by atoms with Crippen molar-refractivity contribution in [3.63, 3.8) is 0 Å². The Morgan fingerprint density at radius 1 is 1.24 bits per heavy atom. The van der Waals surface area contributed by atoms with Gasteiger partial charge >= 0.3 is 6.09 Å². The molecule has 0 bridgehead atoms. The van der Waals surface area contributed by atoms with E-state index in [1.54, 1.807) is 24.1 Å². The zero-order chi connectivity index (χ0) is 18.1. The first-order valence-electron chi connectivity index (χ1n) is 8.17. The van der Waals surface area contributed by atoms with Gasteiger partial charge in [-0.15, -0.1) is 11.6 Å². The lowest BCUT2D eigenvalue weighted by atomic mass is 10.1. The van der Waals surface area contributed by atoms with Gasteiger partial charge in [-0.2, -0.15) is 0 Å². The monoisotopic (exact) mass is 370 g/mol. The molecule has 1 aromatic rings. The lowest BCUT2D eigenvalue weighted by Gasteiger charge is -2.32. The van der Waals surface area contributed by atoms with E-state index >= 15 is 0 Å². The highest BCUT2D eigenvalue weighted by Crippen LogP contribution is 2.25. The number of amides is 2. The van der Waals surface area contributed by atoms with E-state index in [0.717, 1.165) is 0 Å². The van der Waals surface area contributed by atoms with Crippen LogP contribution in [-0.4, -0.2) is 62.2 Å². The number of alkyl carbamates (subject to hydrolysis) is 1. The van der Waals surface area contributed by atoms with Gasteiger partial charge in [-0.05, 0) is 25.0 Å². The van der Waals surface area contributed by atoms with Crippen LogP contribution in [0, 0.1) is 0 Å². The molecule has 0 radical (unpaired) electrons. The minimum atomic E-state index is -0.468. The fourth-order valence-corrected chi connectivity index (χ4v) is 2.66. The summed E-state index contributed by atoms with van der Waals surface area (Å²) in [5.41, 5.74) is 0. The summed E-state index contributed by atoms with van der Waals surface area (Å²) in [6.07, 6.45) is 0.886. The number of alkyl halides is 1. The summed E-state index contributed by atoms with van der Waals surface area (Å²) < 4.78 is 15.6. The molecule has 0 spiro atoms. The highest BCUT2D eigenvalue weighted by Gasteiger charge is 2.24. The van der Waals surface area contributed by atoms with Gasteiger partial charge in [0.05, 0.1) is 13.0 Å². The van der Waals surface area contributed by atoms with E-state index in [1.165, 1.54) is 0 Å². The molecule has 2 rings (SSSR count). The Morgan fingerprint density at radius 3 is 2.56 bits per heavy atom. The number of carbonyl (C=O) groups excluding carboxylic acids is 2. The van der Waals surface area contributed by atoms with Crippen LogP contribution in [0.15, 0.2) is 24.3 Å². The molecule has 0 aliphatic carbocycles. The second-order valence-electron chi connectivity index (χ2n) is 5.56. The van der Waals surface area contributed by atoms with Crippen molar-refractivity contribution in [3.8, 4) is 11.5 Å². The molecule has 1 aromatic carbocycles. The number of halogens is 1. The molecule has 1 N–H and O–H groups in total. The molecule has 8 heteroatoms. The molecule has 1 fully saturated rings. The molecule has 1 saturated heterocycles. The second kappa shape index (κ2) is 9.98. The molecule has 0 unspecified atom stereocenters. The van der Waals surface area contributed by atoms with Crippen molar-refractivity contribution in [2.45, 2.75) is 18.9 Å². The van der Waals surface area contributed by atoms with Crippen LogP contribution < -0.4 is 14.8 Å². The largest absolute Gasteiger partial charge is 0.493 e. The van der Waals surface area contributed by atoms with E-state index in [-0.39, 0.29) is 31.0 Å². The number of piperidine rings is 1. The maximum Gasteiger partial charge on any atom is 0.407 e. The van der Waals surface area contributed by atoms with Gasteiger partial charge in [0.2, 0.25) is 0 Å². The standard InChI is InChI=1S/C17H23ClN2O5/c1-23-14-4-2-3-5-15(14)25-12-16(21)20-9-6-13(7-10-20)19-17(22)24-11-8-18/h2-5,13H,6-12H2,1H3,(H,19,22). The third-order valence-corrected chi connectivity index (χ3v) is 4.05. The summed E-state index contributed by atoms with van der Waals surface area (Å²) in [6.45, 7) is 1.27. The third-order valence-electron chi connectivity index (χ3n) is 3.90. The maximum absolute atomic E-state index is 12.3. The van der Waals surface area contributed by atoms with Crippen molar-refractivity contribution in [3.05, 3.63) is 24.3 Å². The number of methoxy groups -OCH3 is 1. The third kappa shape index (κ3) is 6.01. The van der Waals surface area contributed by atoms with E-state index < -0.39 is 6.09 Å². The number of nitrogens with one attached hydrogen (secondary N) is 1. The van der Waals surface area contributed by atoms with Crippen molar-refractivity contribution < 1.29 is 23.8 Å². The first-order chi connectivity index (χ1) is 12.1. The van der Waals surface area contributed by atoms with Gasteiger partial charge in [-0.1, -0.05) is 12.1 Å². The number of nitrogens with zero attached hydrogens (tertiary/aromatic N) is 1. The van der Waals surface area contributed by atoms with Crippen molar-refractivity contribution in [2.75, 3.05) is 39.3 Å². The fourth-order valence-electron chi connectivity index (χ4n) is 2.58. The predicted molar refractivity (Wildman–Crippen MR) is 93.3 cm³/mol. The van der Waals surface area contributed by atoms with Crippen LogP contribution in [0.3, 0.4) is 0 Å². The Labute approximate surface area is 152 Å². The van der Waals surface area contributed by atoms with Crippen LogP contribution in [0.1, 0.15) is 12.8 Å². The molecular formula is C17H23ClN2O5. The minimum Gasteiger partial charge on any atom is -0.493 e. The molecule has 25 heavy (non-hydrogen) atoms. The zero-order valence-corrected chi connectivity index (χ0v) is 15.0. The van der Waals surface area contributed by atoms with Gasteiger partial charge in [0, 0.05) is 19.1 Å². The molecule has 1 heterocycles. The lowest BCUT2D eigenvalue weighted by Crippen LogP contribution is -2.47. The molecule has 138 valence electrons. The van der Waals surface area contributed by atoms with Crippen molar-refractivity contribution >= 4 is 23.6 Å². The first-order valence-corrected chi connectivity index (χ1v) is 8.70. The summed E-state index contributed by atoms with van der Waals surface area (Å²) in [5, 5.41) is 2.78. The number of rotatable bonds is 7. The van der Waals surface area contributed by atoms with Crippen LogP contribution in [0.25, 0.3) is 0 Å². The SMILES string of the molecule is COc1ccccc1OCC(=O)N1CCC(NC(=O)OCCCl)CC1. The fraction of sp³-hybridized carbons (Fsp3) is 0.529. The molecule has 7 nitrogen and oxygen atoms in total. The summed E-state index contributed by atoms with van der Waals surface area (Å²) in [5.74, 6) is 1.31. The first kappa shape index (κ1) is 19.2. The van der Waals surface area contributed by atoms with E-state index in [9.17, 15) is 9.59 Å². The number of benzene rings is 1. The highest BCUT2D eigenvalue weighted by atomic mass is 35.5. The van der Waals surface area contributed by atoms with Crippen LogP contribution in [0.5, 0.6) is 11.5 Å². The Morgan fingerprint density at radius 2 is 1.92 bits per heavy atom. The van der Waals surface area contributed by atoms with Crippen molar-refractivity contribution in [1.82, 2.24) is 10.2 Å². The average molecular weight is 371 g/mol. The zero-order valence-electron chi connectivity index (χ0n) is 14.2. The number of para-hydroxylation sites is 2. The quantitative estimate of drug-likeness (QED) is 0.743. The Hall–Kier alpha value is -2.15. The smallest absolute Gasteiger partial charge is 0.407 e. The van der Waals surface area contributed by atoms with Crippen LogP contribution in [-0.2, 0) is 9.53 Å². The number of ether oxygens (including phenoxy) is 3. The van der Waals surface area contributed by atoms with E-state index in [4.69, 9.17) is 25.8 Å². The highest BCUT2D eigenvalue weighted by molar-refractivity contribution is 6.18. The number of hydrogen-bond donors (Lipinski definition) is 1.